The number of morpholine rings is 2. The van der Waals surface area contributed by atoms with E-state index in [2.05, 4.69) is 88.5 Å². The molecule has 8 heterocycles. The summed E-state index contributed by atoms with van der Waals surface area (Å²) >= 11 is 6.29. The van der Waals surface area contributed by atoms with Gasteiger partial charge in [-0.2, -0.15) is 13.2 Å². The Morgan fingerprint density at radius 3 is 1.88 bits per heavy atom. The van der Waals surface area contributed by atoms with E-state index in [4.69, 9.17) is 40.4 Å². The second-order valence-corrected chi connectivity index (χ2v) is 31.9. The largest absolute Gasteiger partial charge is 0.495 e. The number of halogens is 4. The fourth-order valence-electron chi connectivity index (χ4n) is 11.4. The number of pyridine rings is 2. The molecule has 18 nitrogen and oxygen atoms in total. The van der Waals surface area contributed by atoms with E-state index in [0.717, 1.165) is 140 Å². The van der Waals surface area contributed by atoms with Crippen molar-refractivity contribution in [3.8, 4) is 22.5 Å². The maximum Gasteiger partial charge on any atom is 0.495 e. The number of carbonyl (C=O) groups excluding carboxylic acids is 2. The lowest BCUT2D eigenvalue weighted by atomic mass is 9.76. The van der Waals surface area contributed by atoms with Crippen molar-refractivity contribution in [1.29, 1.82) is 0 Å². The van der Waals surface area contributed by atoms with Crippen LogP contribution in [0.3, 0.4) is 0 Å². The standard InChI is InChI=1S/C27H36N4O3.C20H28BF3N2O3.C15H22ClN5OSi/c1-3-19-6-7-31(16-19)27(33)28-22-5-4-18(2)23(15-22)20-13-25(24-12-21(24)17-32)29-26(14-20)30-8-10-34-11-9-30;1-13-6-7-15(10-16(13)21-28-18(2,3)19(4,5)29-21)25-17(27)26-9-8-14(12-26)11-20(22,23)24;1-23(2,3)11-21-10-14(18-19-21)13-8-12(16)9-15(17-13)20-4-6-22-7-5-20/h4-5,13-15,19,21,24,32H,3,6-12,16-17H2,1-2H3,(H,28,33);6-7,10,14H,8-9,11-12H2,1-5H3,(H,25,27);8-10H,4-7,11H2,1-3H3/t19-,21-,24-;14-;/m10./s1. The molecule has 3 aromatic heterocycles. The normalized spacial score (nSPS) is 21.8. The van der Waals surface area contributed by atoms with Gasteiger partial charge in [0.05, 0.1) is 57.6 Å². The number of alkyl halides is 3. The number of nitrogens with one attached hydrogen (secondary N) is 2. The van der Waals surface area contributed by atoms with Crippen molar-refractivity contribution in [3.05, 3.63) is 88.7 Å². The SMILES string of the molecule is CC[C@@H]1CCN(C(=O)Nc2ccc(C)c(-c3cc([C@@H]4C[C@@H]4CO)nc(N4CCOCC4)c3)c2)C1.C[Si](C)(C)Cn1cc(-c2cc(Cl)cc(N3CCOCC3)n2)nn1.Cc1ccc(NC(=O)N2CC[C@@H](CC(F)(F)F)C2)cc1B1OC(C)(C)C(C)(C)O1. The Balaban J connectivity index is 0.000000157. The summed E-state index contributed by atoms with van der Waals surface area (Å²) in [5, 5.41) is 24.7. The average molecular weight is 1230 g/mol. The molecular formula is C62H86BClF3N11O7Si. The van der Waals surface area contributed by atoms with Crippen molar-refractivity contribution in [2.24, 2.45) is 17.8 Å². The summed E-state index contributed by atoms with van der Waals surface area (Å²) in [6.45, 7) is 29.5. The number of aromatic nitrogens is 5. The summed E-state index contributed by atoms with van der Waals surface area (Å²) in [6.07, 6.45) is 1.39. The van der Waals surface area contributed by atoms with E-state index < -0.39 is 50.9 Å². The van der Waals surface area contributed by atoms with Crippen molar-refractivity contribution in [1.82, 2.24) is 34.8 Å². The van der Waals surface area contributed by atoms with Crippen LogP contribution in [0, 0.1) is 31.6 Å². The Kier molecular flexibility index (Phi) is 20.5. The highest BCUT2D eigenvalue weighted by atomic mass is 35.5. The predicted octanol–water partition coefficient (Wildman–Crippen LogP) is 11.1. The zero-order valence-corrected chi connectivity index (χ0v) is 53.4. The molecule has 6 fully saturated rings. The maximum atomic E-state index is 12.9. The number of hydrogen-bond acceptors (Lipinski definition) is 13. The van der Waals surface area contributed by atoms with Crippen LogP contribution in [0.25, 0.3) is 22.5 Å². The molecule has 2 aromatic carbocycles. The third-order valence-electron chi connectivity index (χ3n) is 17.3. The lowest BCUT2D eigenvalue weighted by Crippen LogP contribution is -2.41. The monoisotopic (exact) mass is 1230 g/mol. The molecule has 4 atom stereocenters. The smallest absolute Gasteiger partial charge is 0.399 e. The van der Waals surface area contributed by atoms with Crippen LogP contribution in [0.4, 0.5) is 45.8 Å². The van der Waals surface area contributed by atoms with Crippen LogP contribution >= 0.6 is 11.6 Å². The number of hydrogen-bond donors (Lipinski definition) is 3. The van der Waals surface area contributed by atoms with Crippen LogP contribution in [0.15, 0.2) is 66.9 Å². The highest BCUT2D eigenvalue weighted by Gasteiger charge is 2.52. The van der Waals surface area contributed by atoms with Crippen LogP contribution in [0.1, 0.15) is 89.5 Å². The number of amides is 4. The summed E-state index contributed by atoms with van der Waals surface area (Å²) in [4.78, 5) is 42.9. The second-order valence-electron chi connectivity index (χ2n) is 26.0. The van der Waals surface area contributed by atoms with E-state index in [1.54, 1.807) is 12.1 Å². The van der Waals surface area contributed by atoms with Gasteiger partial charge in [0.2, 0.25) is 0 Å². The Hall–Kier alpha value is -5.82. The predicted molar refractivity (Wildman–Crippen MR) is 335 cm³/mol. The molecule has 4 amide bonds. The van der Waals surface area contributed by atoms with Gasteiger partial charge in [-0.3, -0.25) is 4.68 Å². The Morgan fingerprint density at radius 1 is 0.756 bits per heavy atom. The molecule has 3 N–H and O–H groups in total. The first kappa shape index (κ1) is 64.7. The molecular weight excluding hydrogens is 1140 g/mol. The minimum Gasteiger partial charge on any atom is -0.399 e. The maximum absolute atomic E-state index is 12.9. The molecule has 0 unspecified atom stereocenters. The molecule has 0 radical (unpaired) electrons. The molecule has 0 bridgehead atoms. The lowest BCUT2D eigenvalue weighted by molar-refractivity contribution is -0.143. The number of aryl methyl sites for hydroxylation is 2. The van der Waals surface area contributed by atoms with Gasteiger partial charge in [0.15, 0.2) is 0 Å². The number of rotatable bonds is 13. The van der Waals surface area contributed by atoms with Crippen LogP contribution in [-0.2, 0) is 25.0 Å². The molecule has 5 aromatic rings. The number of aliphatic hydroxyl groups excluding tert-OH is 1. The molecule has 11 rings (SSSR count). The number of ether oxygens (including phenoxy) is 2. The third kappa shape index (κ3) is 16.9. The number of nitrogens with zero attached hydrogens (tertiary/aromatic N) is 9. The number of carbonyl (C=O) groups is 2. The number of urea groups is 2. The number of aliphatic hydroxyl groups is 1. The van der Waals surface area contributed by atoms with Crippen molar-refractivity contribution in [2.75, 3.05) is 106 Å². The first-order valence-corrected chi connectivity index (χ1v) is 34.4. The van der Waals surface area contributed by atoms with Gasteiger partial charge in [0.25, 0.3) is 0 Å². The second kappa shape index (κ2) is 27.3. The van der Waals surface area contributed by atoms with Gasteiger partial charge in [-0.05, 0) is 149 Å². The average Bonchev–Trinajstić information content (AvgIpc) is 1.79. The molecule has 1 saturated carbocycles. The van der Waals surface area contributed by atoms with E-state index in [-0.39, 0.29) is 19.2 Å². The summed E-state index contributed by atoms with van der Waals surface area (Å²) in [7, 11) is -1.80. The van der Waals surface area contributed by atoms with Crippen LogP contribution in [-0.4, -0.2) is 170 Å². The molecule has 0 spiro atoms. The van der Waals surface area contributed by atoms with Crippen molar-refractivity contribution in [2.45, 2.75) is 130 Å². The highest BCUT2D eigenvalue weighted by molar-refractivity contribution is 6.74. The molecule has 6 aliphatic rings. The fourth-order valence-corrected chi connectivity index (χ4v) is 12.7. The highest BCUT2D eigenvalue weighted by Crippen LogP contribution is 2.48. The molecule has 466 valence electrons. The quantitative estimate of drug-likeness (QED) is 0.0947. The van der Waals surface area contributed by atoms with Gasteiger partial charge in [-0.15, -0.1) is 5.10 Å². The minimum absolute atomic E-state index is 0.0149. The fraction of sp³-hybridized carbons (Fsp3) is 0.581. The van der Waals surface area contributed by atoms with Crippen LogP contribution < -0.4 is 25.9 Å². The van der Waals surface area contributed by atoms with E-state index >= 15 is 0 Å². The van der Waals surface area contributed by atoms with Crippen LogP contribution in [0.2, 0.25) is 24.7 Å². The zero-order valence-electron chi connectivity index (χ0n) is 51.6. The summed E-state index contributed by atoms with van der Waals surface area (Å²) in [5.41, 5.74) is 8.15. The minimum atomic E-state index is -4.20. The third-order valence-corrected chi connectivity index (χ3v) is 18.8. The number of likely N-dealkylation sites (tertiary alicyclic amines) is 2. The molecule has 24 heteroatoms. The van der Waals surface area contributed by atoms with Crippen molar-refractivity contribution >= 4 is 67.3 Å². The van der Waals surface area contributed by atoms with Gasteiger partial charge < -0.3 is 54.1 Å². The van der Waals surface area contributed by atoms with Crippen molar-refractivity contribution in [3.63, 3.8) is 0 Å². The molecule has 5 aliphatic heterocycles. The van der Waals surface area contributed by atoms with E-state index in [1.165, 1.54) is 4.90 Å². The zero-order chi connectivity index (χ0) is 61.7. The van der Waals surface area contributed by atoms with Crippen LogP contribution in [0.5, 0.6) is 0 Å². The molecule has 86 heavy (non-hydrogen) atoms. The number of benzene rings is 2. The van der Waals surface area contributed by atoms with E-state index in [1.807, 2.05) is 74.7 Å². The summed E-state index contributed by atoms with van der Waals surface area (Å²) in [6, 6.07) is 19.2. The molecule has 1 aliphatic carbocycles. The van der Waals surface area contributed by atoms with Gasteiger partial charge in [0, 0.05) is 99.6 Å². The number of anilines is 4. The van der Waals surface area contributed by atoms with E-state index in [9.17, 15) is 27.9 Å². The first-order valence-electron chi connectivity index (χ1n) is 30.4. The van der Waals surface area contributed by atoms with Gasteiger partial charge >= 0.3 is 25.4 Å². The first-order chi connectivity index (χ1) is 40.7. The van der Waals surface area contributed by atoms with E-state index in [0.29, 0.717) is 54.6 Å². The topological polar surface area (TPSA) is 185 Å². The van der Waals surface area contributed by atoms with Gasteiger partial charge in [0.1, 0.15) is 17.3 Å². The summed E-state index contributed by atoms with van der Waals surface area (Å²) < 4.78 is 62.8. The Labute approximate surface area is 511 Å². The summed E-state index contributed by atoms with van der Waals surface area (Å²) in [5.74, 6) is 2.53. The van der Waals surface area contributed by atoms with Gasteiger partial charge in [-0.25, -0.2) is 19.6 Å². The Bertz CT molecular complexity index is 3140. The van der Waals surface area contributed by atoms with Crippen molar-refractivity contribution < 1.29 is 46.6 Å². The molecule has 5 saturated heterocycles. The lowest BCUT2D eigenvalue weighted by Gasteiger charge is -2.32. The Morgan fingerprint density at radius 2 is 1.33 bits per heavy atom. The van der Waals surface area contributed by atoms with Gasteiger partial charge in [-0.1, -0.05) is 67.5 Å².